The largest absolute Gasteiger partial charge is 0.497 e. The van der Waals surface area contributed by atoms with Crippen LogP contribution in [-0.2, 0) is 16.3 Å². The van der Waals surface area contributed by atoms with Gasteiger partial charge in [-0.15, -0.1) is 5.10 Å². The highest BCUT2D eigenvalue weighted by Crippen LogP contribution is 2.22. The summed E-state index contributed by atoms with van der Waals surface area (Å²) in [7, 11) is -0.554. The zero-order chi connectivity index (χ0) is 17.7. The van der Waals surface area contributed by atoms with Crippen LogP contribution in [0.25, 0.3) is 0 Å². The Morgan fingerprint density at radius 3 is 2.29 bits per heavy atom. The molecule has 0 spiro atoms. The Labute approximate surface area is 138 Å². The van der Waals surface area contributed by atoms with Crippen LogP contribution in [0.15, 0.2) is 27.8 Å². The second kappa shape index (κ2) is 7.30. The Hall–Kier alpha value is -2.62. The minimum atomic E-state index is -3.54. The molecule has 2 rings (SSSR count). The Morgan fingerprint density at radius 2 is 1.79 bits per heavy atom. The predicted molar refractivity (Wildman–Crippen MR) is 83.0 cm³/mol. The summed E-state index contributed by atoms with van der Waals surface area (Å²) >= 11 is 0. The number of hydrogen-bond acceptors (Lipinski definition) is 8. The van der Waals surface area contributed by atoms with E-state index in [0.717, 1.165) is 6.26 Å². The lowest BCUT2D eigenvalue weighted by molar-refractivity contribution is 0.0952. The van der Waals surface area contributed by atoms with E-state index in [9.17, 15) is 13.2 Å². The number of nitrogens with zero attached hydrogens (tertiary/aromatic N) is 2. The molecular weight excluding hydrogens is 338 g/mol. The number of carbonyl (C=O) groups is 1. The number of hydrogen-bond donors (Lipinski definition) is 1. The van der Waals surface area contributed by atoms with Gasteiger partial charge in [0.05, 0.1) is 14.2 Å². The van der Waals surface area contributed by atoms with E-state index in [0.29, 0.717) is 17.1 Å². The summed E-state index contributed by atoms with van der Waals surface area (Å²) in [5.74, 6) is 0.775. The van der Waals surface area contributed by atoms with Crippen molar-refractivity contribution in [2.24, 2.45) is 0 Å². The third-order valence-electron chi connectivity index (χ3n) is 3.00. The van der Waals surface area contributed by atoms with Crippen molar-refractivity contribution in [1.29, 1.82) is 0 Å². The van der Waals surface area contributed by atoms with E-state index in [2.05, 4.69) is 15.5 Å². The number of ether oxygens (including phenoxy) is 2. The number of sulfone groups is 1. The van der Waals surface area contributed by atoms with Crippen molar-refractivity contribution in [3.63, 3.8) is 0 Å². The Balaban J connectivity index is 1.97. The van der Waals surface area contributed by atoms with Crippen molar-refractivity contribution >= 4 is 15.7 Å². The third kappa shape index (κ3) is 4.44. The average molecular weight is 355 g/mol. The molecule has 1 aromatic heterocycles. The molecule has 10 heteroatoms. The monoisotopic (exact) mass is 355 g/mol. The van der Waals surface area contributed by atoms with Crippen molar-refractivity contribution in [1.82, 2.24) is 15.5 Å². The summed E-state index contributed by atoms with van der Waals surface area (Å²) in [6.45, 7) is 0.198. The van der Waals surface area contributed by atoms with Crippen molar-refractivity contribution in [2.75, 3.05) is 27.0 Å². The van der Waals surface area contributed by atoms with Crippen molar-refractivity contribution < 1.29 is 27.1 Å². The number of amides is 1. The van der Waals surface area contributed by atoms with Crippen LogP contribution in [0.4, 0.5) is 0 Å². The highest BCUT2D eigenvalue weighted by atomic mass is 32.2. The molecular formula is C14H17N3O6S. The predicted octanol–water partition coefficient (Wildman–Crippen LogP) is 0.463. The second-order valence-electron chi connectivity index (χ2n) is 4.84. The Bertz CT molecular complexity index is 809. The smallest absolute Gasteiger partial charge is 0.335 e. The third-order valence-corrected chi connectivity index (χ3v) is 3.80. The molecule has 0 fully saturated rings. The van der Waals surface area contributed by atoms with Gasteiger partial charge in [-0.1, -0.05) is 5.10 Å². The highest BCUT2D eigenvalue weighted by Gasteiger charge is 2.16. The zero-order valence-electron chi connectivity index (χ0n) is 13.4. The zero-order valence-corrected chi connectivity index (χ0v) is 14.2. The normalized spacial score (nSPS) is 11.1. The van der Waals surface area contributed by atoms with Crippen LogP contribution in [0.2, 0.25) is 0 Å². The lowest BCUT2D eigenvalue weighted by atomic mass is 10.2. The van der Waals surface area contributed by atoms with E-state index in [1.165, 1.54) is 14.2 Å². The molecule has 1 amide bonds. The first kappa shape index (κ1) is 17.7. The summed E-state index contributed by atoms with van der Waals surface area (Å²) in [6, 6.07) is 4.81. The summed E-state index contributed by atoms with van der Waals surface area (Å²) < 4.78 is 37.7. The molecule has 0 unspecified atom stereocenters. The average Bonchev–Trinajstić information content (AvgIpc) is 3.03. The lowest BCUT2D eigenvalue weighted by Gasteiger charge is -2.08. The summed E-state index contributed by atoms with van der Waals surface area (Å²) in [5, 5.41) is 9.29. The maximum absolute atomic E-state index is 12.2. The number of methoxy groups -OCH3 is 2. The van der Waals surface area contributed by atoms with Gasteiger partial charge in [0.2, 0.25) is 15.7 Å². The first-order chi connectivity index (χ1) is 11.3. The van der Waals surface area contributed by atoms with Crippen LogP contribution in [-0.4, -0.2) is 51.5 Å². The van der Waals surface area contributed by atoms with Gasteiger partial charge in [-0.25, -0.2) is 8.42 Å². The molecule has 0 saturated heterocycles. The topological polar surface area (TPSA) is 121 Å². The Kier molecular flexibility index (Phi) is 5.39. The molecule has 2 aromatic rings. The maximum atomic E-state index is 12.2. The van der Waals surface area contributed by atoms with E-state index in [1.807, 2.05) is 0 Å². The summed E-state index contributed by atoms with van der Waals surface area (Å²) in [5.41, 5.74) is 0.369. The van der Waals surface area contributed by atoms with Gasteiger partial charge in [-0.3, -0.25) is 4.79 Å². The molecule has 0 saturated carbocycles. The van der Waals surface area contributed by atoms with Crippen LogP contribution >= 0.6 is 0 Å². The van der Waals surface area contributed by atoms with Crippen LogP contribution in [0.3, 0.4) is 0 Å². The molecule has 24 heavy (non-hydrogen) atoms. The molecule has 0 bridgehead atoms. The standard InChI is InChI=1S/C14H17N3O6S/c1-21-10-6-9(7-11(8-10)22-2)13(18)15-5-4-12-16-17-14(23-12)24(3,19)20/h6-8H,4-5H2,1-3H3,(H,15,18). The SMILES string of the molecule is COc1cc(OC)cc(C(=O)NCCc2nnc(S(C)(=O)=O)o2)c1. The van der Waals surface area contributed by atoms with E-state index < -0.39 is 15.1 Å². The van der Waals surface area contributed by atoms with Crippen LogP contribution < -0.4 is 14.8 Å². The molecule has 1 aromatic carbocycles. The quantitative estimate of drug-likeness (QED) is 0.760. The van der Waals surface area contributed by atoms with Gasteiger partial charge >= 0.3 is 5.22 Å². The Morgan fingerprint density at radius 1 is 1.17 bits per heavy atom. The van der Waals surface area contributed by atoms with E-state index >= 15 is 0 Å². The van der Waals surface area contributed by atoms with Crippen molar-refractivity contribution in [3.8, 4) is 11.5 Å². The number of rotatable bonds is 7. The van der Waals surface area contributed by atoms with Gasteiger partial charge in [-0.2, -0.15) is 0 Å². The van der Waals surface area contributed by atoms with Gasteiger partial charge in [0.15, 0.2) is 0 Å². The number of carbonyl (C=O) groups excluding carboxylic acids is 1. The van der Waals surface area contributed by atoms with Crippen molar-refractivity contribution in [3.05, 3.63) is 29.7 Å². The molecule has 1 N–H and O–H groups in total. The van der Waals surface area contributed by atoms with E-state index in [1.54, 1.807) is 18.2 Å². The van der Waals surface area contributed by atoms with Gasteiger partial charge < -0.3 is 19.2 Å². The number of benzene rings is 1. The van der Waals surface area contributed by atoms with Gasteiger partial charge in [0, 0.05) is 30.9 Å². The molecule has 0 aliphatic heterocycles. The highest BCUT2D eigenvalue weighted by molar-refractivity contribution is 7.90. The first-order valence-corrected chi connectivity index (χ1v) is 8.76. The summed E-state index contributed by atoms with van der Waals surface area (Å²) in [4.78, 5) is 12.2. The van der Waals surface area contributed by atoms with Crippen LogP contribution in [0, 0.1) is 0 Å². The van der Waals surface area contributed by atoms with Crippen LogP contribution in [0.5, 0.6) is 11.5 Å². The van der Waals surface area contributed by atoms with Gasteiger partial charge in [0.25, 0.3) is 5.91 Å². The number of aromatic nitrogens is 2. The molecule has 130 valence electrons. The molecule has 0 radical (unpaired) electrons. The minimum absolute atomic E-state index is 0.124. The van der Waals surface area contributed by atoms with Crippen LogP contribution in [0.1, 0.15) is 16.2 Å². The van der Waals surface area contributed by atoms with Gasteiger partial charge in [0.1, 0.15) is 11.5 Å². The summed E-state index contributed by atoms with van der Waals surface area (Å²) in [6.07, 6.45) is 1.18. The molecule has 0 aliphatic rings. The minimum Gasteiger partial charge on any atom is -0.497 e. The molecule has 9 nitrogen and oxygen atoms in total. The fourth-order valence-electron chi connectivity index (χ4n) is 1.81. The van der Waals surface area contributed by atoms with Gasteiger partial charge in [-0.05, 0) is 12.1 Å². The molecule has 0 aliphatic carbocycles. The van der Waals surface area contributed by atoms with Crippen molar-refractivity contribution in [2.45, 2.75) is 11.6 Å². The first-order valence-electron chi connectivity index (χ1n) is 6.87. The fraction of sp³-hybridized carbons (Fsp3) is 0.357. The second-order valence-corrected chi connectivity index (χ2v) is 6.73. The fourth-order valence-corrected chi connectivity index (χ4v) is 2.25. The lowest BCUT2D eigenvalue weighted by Crippen LogP contribution is -2.25. The molecule has 0 atom stereocenters. The maximum Gasteiger partial charge on any atom is 0.335 e. The van der Waals surface area contributed by atoms with E-state index in [-0.39, 0.29) is 24.8 Å². The number of nitrogens with one attached hydrogen (secondary N) is 1. The molecule has 1 heterocycles. The van der Waals surface area contributed by atoms with E-state index in [4.69, 9.17) is 13.9 Å².